The molecule has 1 heterocycles. The first kappa shape index (κ1) is 22.1. The topological polar surface area (TPSA) is 84.9 Å². The predicted molar refractivity (Wildman–Crippen MR) is 114 cm³/mol. The molecule has 1 saturated heterocycles. The van der Waals surface area contributed by atoms with E-state index in [-0.39, 0.29) is 10.8 Å². The maximum absolute atomic E-state index is 12.7. The zero-order valence-corrected chi connectivity index (χ0v) is 18.0. The van der Waals surface area contributed by atoms with E-state index in [4.69, 9.17) is 9.47 Å². The van der Waals surface area contributed by atoms with Crippen LogP contribution in [0.5, 0.6) is 11.5 Å². The Morgan fingerprint density at radius 3 is 2.13 bits per heavy atom. The number of ether oxygens (including phenoxy) is 2. The van der Waals surface area contributed by atoms with Gasteiger partial charge in [0.2, 0.25) is 10.0 Å². The summed E-state index contributed by atoms with van der Waals surface area (Å²) >= 11 is 0. The molecule has 0 spiro atoms. The molecule has 0 aromatic heterocycles. The third-order valence-corrected chi connectivity index (χ3v) is 6.77. The highest BCUT2D eigenvalue weighted by molar-refractivity contribution is 7.89. The van der Waals surface area contributed by atoms with Crippen molar-refractivity contribution in [2.45, 2.75) is 31.1 Å². The molecule has 1 aliphatic rings. The van der Waals surface area contributed by atoms with Gasteiger partial charge in [-0.05, 0) is 68.3 Å². The number of benzene rings is 2. The van der Waals surface area contributed by atoms with Gasteiger partial charge in [0, 0.05) is 18.7 Å². The van der Waals surface area contributed by atoms with Crippen LogP contribution in [-0.4, -0.2) is 51.5 Å². The molecule has 1 N–H and O–H groups in total. The van der Waals surface area contributed by atoms with E-state index in [2.05, 4.69) is 5.32 Å². The molecule has 0 aliphatic carbocycles. The number of piperidine rings is 1. The van der Waals surface area contributed by atoms with Crippen molar-refractivity contribution in [2.75, 3.05) is 32.8 Å². The standard InChI is InChI=1S/C22H28N2O5S/c1-2-28-19-8-10-20(11-9-19)29-17-14-23-22(25)18-6-12-21(13-7-18)30(26,27)24-15-4-3-5-16-24/h6-13H,2-5,14-17H2,1H3,(H,23,25). The minimum atomic E-state index is -3.49. The summed E-state index contributed by atoms with van der Waals surface area (Å²) < 4.78 is 37.8. The van der Waals surface area contributed by atoms with E-state index in [0.717, 1.165) is 25.0 Å². The van der Waals surface area contributed by atoms with Crippen LogP contribution in [-0.2, 0) is 10.0 Å². The molecular weight excluding hydrogens is 404 g/mol. The van der Waals surface area contributed by atoms with Crippen LogP contribution in [0.1, 0.15) is 36.5 Å². The smallest absolute Gasteiger partial charge is 0.251 e. The molecule has 1 amide bonds. The summed E-state index contributed by atoms with van der Waals surface area (Å²) in [5.41, 5.74) is 0.411. The van der Waals surface area contributed by atoms with Crippen molar-refractivity contribution in [3.05, 3.63) is 54.1 Å². The summed E-state index contributed by atoms with van der Waals surface area (Å²) in [6, 6.07) is 13.4. The number of amides is 1. The second kappa shape index (κ2) is 10.4. The van der Waals surface area contributed by atoms with Gasteiger partial charge in [-0.25, -0.2) is 8.42 Å². The Kier molecular flexibility index (Phi) is 7.70. The van der Waals surface area contributed by atoms with Gasteiger partial charge in [0.1, 0.15) is 18.1 Å². The first-order valence-corrected chi connectivity index (χ1v) is 11.7. The predicted octanol–water partition coefficient (Wildman–Crippen LogP) is 3.07. The molecule has 0 bridgehead atoms. The van der Waals surface area contributed by atoms with Crippen LogP contribution in [0.15, 0.2) is 53.4 Å². The van der Waals surface area contributed by atoms with Gasteiger partial charge in [-0.3, -0.25) is 4.79 Å². The molecule has 0 atom stereocenters. The van der Waals surface area contributed by atoms with Gasteiger partial charge in [-0.15, -0.1) is 0 Å². The summed E-state index contributed by atoms with van der Waals surface area (Å²) in [4.78, 5) is 12.5. The Morgan fingerprint density at radius 1 is 0.933 bits per heavy atom. The third-order valence-electron chi connectivity index (χ3n) is 4.86. The summed E-state index contributed by atoms with van der Waals surface area (Å²) in [5, 5.41) is 2.77. The van der Waals surface area contributed by atoms with Crippen LogP contribution in [0, 0.1) is 0 Å². The van der Waals surface area contributed by atoms with Crippen LogP contribution in [0.2, 0.25) is 0 Å². The van der Waals surface area contributed by atoms with Gasteiger partial charge in [0.15, 0.2) is 0 Å². The fraction of sp³-hybridized carbons (Fsp3) is 0.409. The van der Waals surface area contributed by atoms with E-state index in [9.17, 15) is 13.2 Å². The van der Waals surface area contributed by atoms with Crippen LogP contribution in [0.3, 0.4) is 0 Å². The summed E-state index contributed by atoms with van der Waals surface area (Å²) in [5.74, 6) is 1.20. The van der Waals surface area contributed by atoms with Crippen LogP contribution in [0.4, 0.5) is 0 Å². The monoisotopic (exact) mass is 432 g/mol. The molecule has 0 radical (unpaired) electrons. The molecule has 162 valence electrons. The first-order valence-electron chi connectivity index (χ1n) is 10.2. The van der Waals surface area contributed by atoms with E-state index in [0.29, 0.717) is 44.2 Å². The minimum absolute atomic E-state index is 0.222. The maximum Gasteiger partial charge on any atom is 0.251 e. The average Bonchev–Trinajstić information content (AvgIpc) is 2.78. The van der Waals surface area contributed by atoms with Crippen molar-refractivity contribution >= 4 is 15.9 Å². The Labute approximate surface area is 178 Å². The first-order chi connectivity index (χ1) is 14.5. The number of sulfonamides is 1. The van der Waals surface area contributed by atoms with Crippen molar-refractivity contribution < 1.29 is 22.7 Å². The SMILES string of the molecule is CCOc1ccc(OCCNC(=O)c2ccc(S(=O)(=O)N3CCCCC3)cc2)cc1. The normalized spacial score (nSPS) is 14.8. The van der Waals surface area contributed by atoms with Crippen molar-refractivity contribution in [2.24, 2.45) is 0 Å². The van der Waals surface area contributed by atoms with Gasteiger partial charge >= 0.3 is 0 Å². The quantitative estimate of drug-likeness (QED) is 0.616. The van der Waals surface area contributed by atoms with Crippen LogP contribution >= 0.6 is 0 Å². The number of nitrogens with one attached hydrogen (secondary N) is 1. The van der Waals surface area contributed by atoms with Gasteiger partial charge in [0.05, 0.1) is 18.0 Å². The number of carbonyl (C=O) groups excluding carboxylic acids is 1. The number of hydrogen-bond acceptors (Lipinski definition) is 5. The van der Waals surface area contributed by atoms with Crippen molar-refractivity contribution in [3.8, 4) is 11.5 Å². The molecule has 0 unspecified atom stereocenters. The van der Waals surface area contributed by atoms with Gasteiger partial charge in [0.25, 0.3) is 5.91 Å². The van der Waals surface area contributed by atoms with E-state index in [1.54, 1.807) is 12.1 Å². The fourth-order valence-electron chi connectivity index (χ4n) is 3.27. The second-order valence-corrected chi connectivity index (χ2v) is 8.94. The highest BCUT2D eigenvalue weighted by atomic mass is 32.2. The van der Waals surface area contributed by atoms with Gasteiger partial charge in [-0.2, -0.15) is 4.31 Å². The molecule has 2 aromatic carbocycles. The molecule has 1 fully saturated rings. The Hall–Kier alpha value is -2.58. The average molecular weight is 433 g/mol. The van der Waals surface area contributed by atoms with E-state index in [1.165, 1.54) is 16.4 Å². The highest BCUT2D eigenvalue weighted by Gasteiger charge is 2.25. The van der Waals surface area contributed by atoms with Crippen molar-refractivity contribution in [1.82, 2.24) is 9.62 Å². The lowest BCUT2D eigenvalue weighted by molar-refractivity contribution is 0.0947. The Bertz CT molecular complexity index is 921. The minimum Gasteiger partial charge on any atom is -0.494 e. The lowest BCUT2D eigenvalue weighted by Crippen LogP contribution is -2.35. The number of rotatable bonds is 9. The molecule has 3 rings (SSSR count). The second-order valence-electron chi connectivity index (χ2n) is 7.00. The molecule has 0 saturated carbocycles. The third kappa shape index (κ3) is 5.73. The van der Waals surface area contributed by atoms with Crippen LogP contribution in [0.25, 0.3) is 0 Å². The molecule has 8 heteroatoms. The molecule has 2 aromatic rings. The summed E-state index contributed by atoms with van der Waals surface area (Å²) in [6.07, 6.45) is 2.84. The molecule has 30 heavy (non-hydrogen) atoms. The molecule has 1 aliphatic heterocycles. The van der Waals surface area contributed by atoms with E-state index >= 15 is 0 Å². The van der Waals surface area contributed by atoms with Gasteiger partial charge < -0.3 is 14.8 Å². The summed E-state index contributed by atoms with van der Waals surface area (Å²) in [7, 11) is -3.49. The largest absolute Gasteiger partial charge is 0.494 e. The Balaban J connectivity index is 1.47. The zero-order chi connectivity index (χ0) is 21.4. The van der Waals surface area contributed by atoms with Crippen molar-refractivity contribution in [3.63, 3.8) is 0 Å². The van der Waals surface area contributed by atoms with Crippen LogP contribution < -0.4 is 14.8 Å². The highest BCUT2D eigenvalue weighted by Crippen LogP contribution is 2.21. The maximum atomic E-state index is 12.7. The Morgan fingerprint density at radius 2 is 1.53 bits per heavy atom. The molecular formula is C22H28N2O5S. The van der Waals surface area contributed by atoms with E-state index < -0.39 is 10.0 Å². The zero-order valence-electron chi connectivity index (χ0n) is 17.2. The lowest BCUT2D eigenvalue weighted by atomic mass is 10.2. The molecule has 7 nitrogen and oxygen atoms in total. The van der Waals surface area contributed by atoms with Gasteiger partial charge in [-0.1, -0.05) is 6.42 Å². The number of nitrogens with zero attached hydrogens (tertiary/aromatic N) is 1. The fourth-order valence-corrected chi connectivity index (χ4v) is 4.78. The number of carbonyl (C=O) groups is 1. The van der Waals surface area contributed by atoms with Crippen molar-refractivity contribution in [1.29, 1.82) is 0 Å². The number of hydrogen-bond donors (Lipinski definition) is 1. The van der Waals surface area contributed by atoms with E-state index in [1.807, 2.05) is 31.2 Å². The lowest BCUT2D eigenvalue weighted by Gasteiger charge is -2.25. The summed E-state index contributed by atoms with van der Waals surface area (Å²) in [6.45, 7) is 4.30.